The largest absolute Gasteiger partial charge is 0.383 e. The van der Waals surface area contributed by atoms with Gasteiger partial charge in [-0.2, -0.15) is 4.98 Å². The van der Waals surface area contributed by atoms with Gasteiger partial charge in [0.2, 0.25) is 5.95 Å². The van der Waals surface area contributed by atoms with Crippen molar-refractivity contribution >= 4 is 11.8 Å². The Morgan fingerprint density at radius 2 is 2.10 bits per heavy atom. The summed E-state index contributed by atoms with van der Waals surface area (Å²) in [5, 5.41) is 6.57. The van der Waals surface area contributed by atoms with Crippen molar-refractivity contribution in [1.82, 2.24) is 9.97 Å². The van der Waals surface area contributed by atoms with Gasteiger partial charge in [0.15, 0.2) is 0 Å². The molecule has 1 aliphatic rings. The molecule has 1 aromatic rings. The summed E-state index contributed by atoms with van der Waals surface area (Å²) in [4.78, 5) is 8.91. The molecule has 0 radical (unpaired) electrons. The Bertz CT molecular complexity index is 473. The molecule has 0 saturated carbocycles. The summed E-state index contributed by atoms with van der Waals surface area (Å²) in [7, 11) is 1.69. The molecular formula is C16H26N4O. The summed E-state index contributed by atoms with van der Waals surface area (Å²) < 4.78 is 5.03. The number of hydrogen-bond donors (Lipinski definition) is 2. The molecule has 0 bridgehead atoms. The van der Waals surface area contributed by atoms with E-state index < -0.39 is 0 Å². The highest BCUT2D eigenvalue weighted by Gasteiger charge is 2.05. The number of hydrogen-bond acceptors (Lipinski definition) is 5. The van der Waals surface area contributed by atoms with E-state index in [1.54, 1.807) is 12.7 Å². The lowest BCUT2D eigenvalue weighted by molar-refractivity contribution is 0.210. The quantitative estimate of drug-likeness (QED) is 0.569. The fraction of sp³-hybridized carbons (Fsp3) is 0.625. The maximum atomic E-state index is 5.03. The van der Waals surface area contributed by atoms with Crippen LogP contribution in [0.4, 0.5) is 11.8 Å². The van der Waals surface area contributed by atoms with Gasteiger partial charge >= 0.3 is 0 Å². The summed E-state index contributed by atoms with van der Waals surface area (Å²) >= 11 is 0. The second-order valence-corrected chi connectivity index (χ2v) is 5.42. The molecule has 0 aliphatic heterocycles. The van der Waals surface area contributed by atoms with E-state index in [0.717, 1.165) is 31.0 Å². The molecule has 116 valence electrons. The van der Waals surface area contributed by atoms with Gasteiger partial charge in [-0.1, -0.05) is 11.6 Å². The van der Waals surface area contributed by atoms with E-state index in [9.17, 15) is 0 Å². The highest BCUT2D eigenvalue weighted by Crippen LogP contribution is 2.20. The summed E-state index contributed by atoms with van der Waals surface area (Å²) in [6, 6.07) is 1.95. The van der Waals surface area contributed by atoms with Crippen molar-refractivity contribution in [2.24, 2.45) is 0 Å². The minimum absolute atomic E-state index is 0.667. The molecule has 1 heterocycles. The molecule has 0 aromatic carbocycles. The fourth-order valence-electron chi connectivity index (χ4n) is 2.49. The average molecular weight is 290 g/mol. The van der Waals surface area contributed by atoms with E-state index in [0.29, 0.717) is 12.6 Å². The van der Waals surface area contributed by atoms with Gasteiger partial charge in [-0.25, -0.2) is 4.98 Å². The van der Waals surface area contributed by atoms with Crippen LogP contribution in [0.15, 0.2) is 17.7 Å². The highest BCUT2D eigenvalue weighted by atomic mass is 16.5. The third-order valence-corrected chi connectivity index (χ3v) is 3.58. The van der Waals surface area contributed by atoms with Gasteiger partial charge in [0.1, 0.15) is 5.82 Å². The van der Waals surface area contributed by atoms with Crippen LogP contribution in [0.5, 0.6) is 0 Å². The lowest BCUT2D eigenvalue weighted by Gasteiger charge is -2.13. The number of aromatic nitrogens is 2. The average Bonchev–Trinajstić information content (AvgIpc) is 2.48. The third kappa shape index (κ3) is 5.71. The van der Waals surface area contributed by atoms with Crippen molar-refractivity contribution in [2.75, 3.05) is 37.4 Å². The minimum Gasteiger partial charge on any atom is -0.383 e. The molecular weight excluding hydrogens is 264 g/mol. The Morgan fingerprint density at radius 3 is 2.86 bits per heavy atom. The van der Waals surface area contributed by atoms with Crippen LogP contribution in [-0.4, -0.2) is 36.8 Å². The topological polar surface area (TPSA) is 59.1 Å². The van der Waals surface area contributed by atoms with Gasteiger partial charge in [0, 0.05) is 32.0 Å². The fourth-order valence-corrected chi connectivity index (χ4v) is 2.49. The first-order valence-corrected chi connectivity index (χ1v) is 7.78. The van der Waals surface area contributed by atoms with Crippen LogP contribution in [0.2, 0.25) is 0 Å². The van der Waals surface area contributed by atoms with Crippen LogP contribution < -0.4 is 10.6 Å². The molecule has 0 fully saturated rings. The van der Waals surface area contributed by atoms with Gasteiger partial charge < -0.3 is 15.4 Å². The molecule has 21 heavy (non-hydrogen) atoms. The third-order valence-electron chi connectivity index (χ3n) is 3.58. The standard InChI is InChI=1S/C16H26N4O/c1-13-12-15(17-10-11-21-2)20-16(19-13)18-9-8-14-6-4-3-5-7-14/h6,12H,3-5,7-11H2,1-2H3,(H2,17,18,19,20). The first-order valence-electron chi connectivity index (χ1n) is 7.78. The molecule has 1 aromatic heterocycles. The Hall–Kier alpha value is -1.62. The summed E-state index contributed by atoms with van der Waals surface area (Å²) in [5.74, 6) is 1.55. The zero-order valence-electron chi connectivity index (χ0n) is 13.1. The molecule has 0 amide bonds. The Balaban J connectivity index is 1.82. The summed E-state index contributed by atoms with van der Waals surface area (Å²) in [6.45, 7) is 4.30. The van der Waals surface area contributed by atoms with Crippen molar-refractivity contribution < 1.29 is 4.74 Å². The molecule has 5 heteroatoms. The maximum Gasteiger partial charge on any atom is 0.224 e. The van der Waals surface area contributed by atoms with Crippen LogP contribution in [-0.2, 0) is 4.74 Å². The number of aryl methyl sites for hydroxylation is 1. The lowest BCUT2D eigenvalue weighted by atomic mass is 9.97. The summed E-state index contributed by atoms with van der Waals surface area (Å²) in [6.07, 6.45) is 8.64. The van der Waals surface area contributed by atoms with E-state index in [1.165, 1.54) is 25.7 Å². The lowest BCUT2D eigenvalue weighted by Crippen LogP contribution is -2.12. The van der Waals surface area contributed by atoms with Gasteiger partial charge in [-0.3, -0.25) is 0 Å². The smallest absolute Gasteiger partial charge is 0.224 e. The highest BCUT2D eigenvalue weighted by molar-refractivity contribution is 5.42. The Kier molecular flexibility index (Phi) is 6.47. The number of methoxy groups -OCH3 is 1. The summed E-state index contributed by atoms with van der Waals surface area (Å²) in [5.41, 5.74) is 2.53. The van der Waals surface area contributed by atoms with Gasteiger partial charge in [-0.05, 0) is 39.0 Å². The van der Waals surface area contributed by atoms with Crippen LogP contribution in [0.25, 0.3) is 0 Å². The van der Waals surface area contributed by atoms with Gasteiger partial charge in [-0.15, -0.1) is 0 Å². The van der Waals surface area contributed by atoms with E-state index in [1.807, 2.05) is 13.0 Å². The van der Waals surface area contributed by atoms with E-state index in [-0.39, 0.29) is 0 Å². The number of allylic oxidation sites excluding steroid dienone is 1. The number of ether oxygens (including phenoxy) is 1. The van der Waals surface area contributed by atoms with Crippen LogP contribution >= 0.6 is 0 Å². The second-order valence-electron chi connectivity index (χ2n) is 5.42. The van der Waals surface area contributed by atoms with E-state index >= 15 is 0 Å². The molecule has 0 spiro atoms. The normalized spacial score (nSPS) is 14.7. The van der Waals surface area contributed by atoms with Crippen LogP contribution in [0.1, 0.15) is 37.8 Å². The van der Waals surface area contributed by atoms with Crippen molar-refractivity contribution in [3.8, 4) is 0 Å². The molecule has 0 atom stereocenters. The zero-order valence-corrected chi connectivity index (χ0v) is 13.1. The molecule has 2 N–H and O–H groups in total. The van der Waals surface area contributed by atoms with Crippen molar-refractivity contribution in [1.29, 1.82) is 0 Å². The predicted molar refractivity (Wildman–Crippen MR) is 86.8 cm³/mol. The van der Waals surface area contributed by atoms with Gasteiger partial charge in [0.05, 0.1) is 6.61 Å². The van der Waals surface area contributed by atoms with E-state index in [2.05, 4.69) is 26.7 Å². The van der Waals surface area contributed by atoms with Gasteiger partial charge in [0.25, 0.3) is 0 Å². The van der Waals surface area contributed by atoms with Crippen LogP contribution in [0.3, 0.4) is 0 Å². The second kappa shape index (κ2) is 8.62. The monoisotopic (exact) mass is 290 g/mol. The number of anilines is 2. The number of nitrogens with one attached hydrogen (secondary N) is 2. The van der Waals surface area contributed by atoms with Crippen molar-refractivity contribution in [2.45, 2.75) is 39.0 Å². The Morgan fingerprint density at radius 1 is 1.19 bits per heavy atom. The Labute approximate surface area is 127 Å². The number of nitrogens with zero attached hydrogens (tertiary/aromatic N) is 2. The molecule has 1 aliphatic carbocycles. The molecule has 5 nitrogen and oxygen atoms in total. The maximum absolute atomic E-state index is 5.03. The van der Waals surface area contributed by atoms with E-state index in [4.69, 9.17) is 4.74 Å². The molecule has 2 rings (SSSR count). The molecule has 0 unspecified atom stereocenters. The van der Waals surface area contributed by atoms with Crippen molar-refractivity contribution in [3.05, 3.63) is 23.4 Å². The van der Waals surface area contributed by atoms with Crippen LogP contribution in [0, 0.1) is 6.92 Å². The first-order chi connectivity index (χ1) is 10.3. The SMILES string of the molecule is COCCNc1cc(C)nc(NCCC2=CCCCC2)n1. The molecule has 0 saturated heterocycles. The number of rotatable bonds is 8. The first kappa shape index (κ1) is 15.8. The predicted octanol–water partition coefficient (Wildman–Crippen LogP) is 3.15. The minimum atomic E-state index is 0.667. The van der Waals surface area contributed by atoms with Crippen molar-refractivity contribution in [3.63, 3.8) is 0 Å². The zero-order chi connectivity index (χ0) is 14.9.